The molecule has 2 aliphatic heterocycles. The number of amides is 1. The summed E-state index contributed by atoms with van der Waals surface area (Å²) in [7, 11) is 1.80. The number of methoxy groups -OCH3 is 1. The monoisotopic (exact) mass is 472 g/mol. The first-order valence-corrected chi connectivity index (χ1v) is 12.5. The van der Waals surface area contributed by atoms with E-state index in [2.05, 4.69) is 49.2 Å². The standard InChI is InChI=1S/C29H32N2O4/c1-15-20-10-17(5-4-16(20)7-9-31-15)26-25(34-3)14-22-27-18(6-8-29(22,26)2)11-21-23(32)12-19(28(30)33)13-24(21)35-27/h4-5,7,9-11,19,22,25-27,31H,1,6,8,12-14H2,2-3H3,(H2,30,33)/t19?,22-,25+,26-,27+,29-/m0/s1. The van der Waals surface area contributed by atoms with Gasteiger partial charge in [0.1, 0.15) is 11.9 Å². The number of hydrogen-bond acceptors (Lipinski definition) is 5. The SMILES string of the molecule is C=C1NC=Cc2ccc([C@H]3[C@H](OC)C[C@H]4[C@@H]5OC6=C(C=C5CC[C@@]43C)C(=O)CC(C(N)=O)C6)cc21. The van der Waals surface area contributed by atoms with Crippen LogP contribution < -0.4 is 11.1 Å². The average Bonchev–Trinajstić information content (AvgIpc) is 3.16. The van der Waals surface area contributed by atoms with Crippen molar-refractivity contribution in [3.05, 3.63) is 70.6 Å². The first-order valence-electron chi connectivity index (χ1n) is 12.5. The van der Waals surface area contributed by atoms with Gasteiger partial charge in [0.15, 0.2) is 5.78 Å². The average molecular weight is 473 g/mol. The van der Waals surface area contributed by atoms with E-state index >= 15 is 0 Å². The van der Waals surface area contributed by atoms with Crippen molar-refractivity contribution in [1.29, 1.82) is 0 Å². The van der Waals surface area contributed by atoms with Gasteiger partial charge >= 0.3 is 0 Å². The molecule has 6 rings (SSSR count). The summed E-state index contributed by atoms with van der Waals surface area (Å²) in [5, 5.41) is 3.23. The summed E-state index contributed by atoms with van der Waals surface area (Å²) in [6, 6.07) is 6.68. The van der Waals surface area contributed by atoms with Crippen molar-refractivity contribution in [2.75, 3.05) is 7.11 Å². The van der Waals surface area contributed by atoms with E-state index in [0.29, 0.717) is 17.8 Å². The highest BCUT2D eigenvalue weighted by molar-refractivity contribution is 6.02. The van der Waals surface area contributed by atoms with Crippen LogP contribution in [-0.4, -0.2) is 31.0 Å². The largest absolute Gasteiger partial charge is 0.489 e. The summed E-state index contributed by atoms with van der Waals surface area (Å²) < 4.78 is 12.7. The maximum Gasteiger partial charge on any atom is 0.221 e. The van der Waals surface area contributed by atoms with Crippen molar-refractivity contribution in [1.82, 2.24) is 5.32 Å². The molecule has 1 unspecified atom stereocenters. The zero-order valence-electron chi connectivity index (χ0n) is 20.3. The van der Waals surface area contributed by atoms with E-state index < -0.39 is 11.8 Å². The number of primary amides is 1. The fraction of sp³-hybridized carbons (Fsp3) is 0.448. The van der Waals surface area contributed by atoms with Gasteiger partial charge in [0, 0.05) is 49.2 Å². The van der Waals surface area contributed by atoms with Crippen LogP contribution in [0.15, 0.2) is 54.0 Å². The van der Waals surface area contributed by atoms with Gasteiger partial charge in [-0.25, -0.2) is 0 Å². The molecule has 1 aromatic carbocycles. The van der Waals surface area contributed by atoms with Gasteiger partial charge in [-0.05, 0) is 59.6 Å². The number of Topliss-reactive ketones (excluding diaryl/α,β-unsaturated/α-hetero) is 1. The molecule has 182 valence electrons. The van der Waals surface area contributed by atoms with E-state index in [1.807, 2.05) is 6.20 Å². The molecule has 6 nitrogen and oxygen atoms in total. The minimum atomic E-state index is -0.486. The lowest BCUT2D eigenvalue weighted by Gasteiger charge is -2.48. The van der Waals surface area contributed by atoms with Crippen LogP contribution in [0, 0.1) is 17.3 Å². The number of ether oxygens (including phenoxy) is 2. The molecule has 5 aliphatic rings. The molecule has 0 radical (unpaired) electrons. The molecular weight excluding hydrogens is 440 g/mol. The molecular formula is C29H32N2O4. The van der Waals surface area contributed by atoms with E-state index in [1.54, 1.807) is 7.11 Å². The Morgan fingerprint density at radius 3 is 2.91 bits per heavy atom. The van der Waals surface area contributed by atoms with Crippen LogP contribution in [0.2, 0.25) is 0 Å². The number of nitrogens with two attached hydrogens (primary N) is 1. The summed E-state index contributed by atoms with van der Waals surface area (Å²) >= 11 is 0. The Balaban J connectivity index is 1.35. The van der Waals surface area contributed by atoms with Gasteiger partial charge in [-0.2, -0.15) is 0 Å². The van der Waals surface area contributed by atoms with Crippen molar-refractivity contribution < 1.29 is 19.1 Å². The molecule has 0 aromatic heterocycles. The summed E-state index contributed by atoms with van der Waals surface area (Å²) in [6.07, 6.45) is 9.36. The summed E-state index contributed by atoms with van der Waals surface area (Å²) in [5.41, 5.74) is 11.8. The number of ketones is 1. The summed E-state index contributed by atoms with van der Waals surface area (Å²) in [4.78, 5) is 24.6. The molecule has 6 atom stereocenters. The Kier molecular flexibility index (Phi) is 5.08. The molecule has 0 bridgehead atoms. The first kappa shape index (κ1) is 22.4. The Morgan fingerprint density at radius 1 is 1.31 bits per heavy atom. The fourth-order valence-corrected chi connectivity index (χ4v) is 7.27. The number of carbonyl (C=O) groups excluding carboxylic acids is 2. The predicted molar refractivity (Wildman–Crippen MR) is 134 cm³/mol. The molecule has 1 aromatic rings. The number of rotatable bonds is 3. The Bertz CT molecular complexity index is 1240. The van der Waals surface area contributed by atoms with E-state index in [0.717, 1.165) is 30.5 Å². The second-order valence-corrected chi connectivity index (χ2v) is 10.9. The van der Waals surface area contributed by atoms with E-state index in [9.17, 15) is 9.59 Å². The number of carbonyl (C=O) groups is 2. The Labute approximate surface area is 205 Å². The normalized spacial score (nSPS) is 35.3. The molecule has 2 heterocycles. The highest BCUT2D eigenvalue weighted by Crippen LogP contribution is 2.62. The lowest BCUT2D eigenvalue weighted by molar-refractivity contribution is -0.127. The highest BCUT2D eigenvalue weighted by Gasteiger charge is 2.59. The second kappa shape index (κ2) is 7.95. The Morgan fingerprint density at radius 2 is 2.14 bits per heavy atom. The van der Waals surface area contributed by atoms with Crippen molar-refractivity contribution in [3.63, 3.8) is 0 Å². The van der Waals surface area contributed by atoms with Crippen LogP contribution in [0.3, 0.4) is 0 Å². The van der Waals surface area contributed by atoms with Gasteiger partial charge in [-0.15, -0.1) is 0 Å². The summed E-state index contributed by atoms with van der Waals surface area (Å²) in [6.45, 7) is 6.56. The zero-order chi connectivity index (χ0) is 24.5. The minimum Gasteiger partial charge on any atom is -0.489 e. The van der Waals surface area contributed by atoms with E-state index in [1.165, 1.54) is 16.7 Å². The van der Waals surface area contributed by atoms with Crippen LogP contribution in [0.5, 0.6) is 0 Å². The van der Waals surface area contributed by atoms with Gasteiger partial charge in [-0.1, -0.05) is 25.6 Å². The fourth-order valence-electron chi connectivity index (χ4n) is 7.27. The minimum absolute atomic E-state index is 0.0317. The zero-order valence-corrected chi connectivity index (χ0v) is 20.3. The maximum atomic E-state index is 12.8. The number of nitrogens with one attached hydrogen (secondary N) is 1. The van der Waals surface area contributed by atoms with Crippen LogP contribution in [-0.2, 0) is 19.1 Å². The van der Waals surface area contributed by atoms with Crippen LogP contribution in [0.25, 0.3) is 11.8 Å². The van der Waals surface area contributed by atoms with Gasteiger partial charge in [0.05, 0.1) is 17.6 Å². The molecule has 0 spiro atoms. The number of allylic oxidation sites excluding steroid dienone is 3. The Hall–Kier alpha value is -3.12. The van der Waals surface area contributed by atoms with Gasteiger partial charge in [0.2, 0.25) is 5.91 Å². The predicted octanol–water partition coefficient (Wildman–Crippen LogP) is 4.19. The quantitative estimate of drug-likeness (QED) is 0.688. The van der Waals surface area contributed by atoms with E-state index in [-0.39, 0.29) is 41.7 Å². The smallest absolute Gasteiger partial charge is 0.221 e. The maximum absolute atomic E-state index is 12.8. The number of benzene rings is 1. The topological polar surface area (TPSA) is 90.7 Å². The van der Waals surface area contributed by atoms with Crippen molar-refractivity contribution in [2.24, 2.45) is 23.0 Å². The molecule has 2 saturated carbocycles. The first-order chi connectivity index (χ1) is 16.8. The molecule has 3 N–H and O–H groups in total. The third-order valence-electron chi connectivity index (χ3n) is 9.15. The van der Waals surface area contributed by atoms with Crippen molar-refractivity contribution in [2.45, 2.75) is 57.2 Å². The molecule has 6 heteroatoms. The van der Waals surface area contributed by atoms with Gasteiger partial charge < -0.3 is 20.5 Å². The number of hydrogen-bond donors (Lipinski definition) is 2. The molecule has 1 amide bonds. The lowest BCUT2D eigenvalue weighted by atomic mass is 9.61. The van der Waals surface area contributed by atoms with Crippen LogP contribution in [0.4, 0.5) is 0 Å². The number of fused-ring (bicyclic) bond motifs is 4. The van der Waals surface area contributed by atoms with Crippen molar-refractivity contribution in [3.8, 4) is 0 Å². The van der Waals surface area contributed by atoms with Crippen molar-refractivity contribution >= 4 is 23.5 Å². The third-order valence-corrected chi connectivity index (χ3v) is 9.15. The molecule has 0 saturated heterocycles. The second-order valence-electron chi connectivity index (χ2n) is 10.9. The third kappa shape index (κ3) is 3.33. The van der Waals surface area contributed by atoms with E-state index in [4.69, 9.17) is 15.2 Å². The lowest BCUT2D eigenvalue weighted by Crippen LogP contribution is -2.44. The van der Waals surface area contributed by atoms with Gasteiger partial charge in [0.25, 0.3) is 0 Å². The molecule has 2 fully saturated rings. The van der Waals surface area contributed by atoms with Crippen LogP contribution in [0.1, 0.15) is 61.6 Å². The molecule has 35 heavy (non-hydrogen) atoms. The molecule has 3 aliphatic carbocycles. The summed E-state index contributed by atoms with van der Waals surface area (Å²) in [5.74, 6) is 0.144. The van der Waals surface area contributed by atoms with Gasteiger partial charge in [-0.3, -0.25) is 9.59 Å². The van der Waals surface area contributed by atoms with Crippen LogP contribution >= 0.6 is 0 Å². The highest BCUT2D eigenvalue weighted by atomic mass is 16.5.